The number of aromatic hydroxyl groups is 1. The van der Waals surface area contributed by atoms with Gasteiger partial charge in [0.1, 0.15) is 23.9 Å². The number of hydrogen-bond donors (Lipinski definition) is 3. The molecule has 2 aromatic carbocycles. The maximum absolute atomic E-state index is 13.6. The predicted molar refractivity (Wildman–Crippen MR) is 148 cm³/mol. The number of amides is 3. The van der Waals surface area contributed by atoms with Gasteiger partial charge in [0.15, 0.2) is 0 Å². The molecule has 0 spiro atoms. The molecule has 38 heavy (non-hydrogen) atoms. The first-order valence-corrected chi connectivity index (χ1v) is 13.5. The van der Waals surface area contributed by atoms with Gasteiger partial charge in [-0.2, -0.15) is 0 Å². The van der Waals surface area contributed by atoms with E-state index in [0.717, 1.165) is 37.7 Å². The molecular weight excluding hydrogens is 482 g/mol. The van der Waals surface area contributed by atoms with Gasteiger partial charge in [0, 0.05) is 13.1 Å². The summed E-state index contributed by atoms with van der Waals surface area (Å²) in [6, 6.07) is 14.9. The van der Waals surface area contributed by atoms with Crippen LogP contribution in [0.15, 0.2) is 54.6 Å². The van der Waals surface area contributed by atoms with E-state index in [-0.39, 0.29) is 18.2 Å². The van der Waals surface area contributed by atoms with Crippen molar-refractivity contribution in [3.63, 3.8) is 0 Å². The molecule has 0 saturated heterocycles. The Morgan fingerprint density at radius 1 is 0.895 bits per heavy atom. The van der Waals surface area contributed by atoms with Gasteiger partial charge in [0.25, 0.3) is 0 Å². The second kappa shape index (κ2) is 15.6. The summed E-state index contributed by atoms with van der Waals surface area (Å²) in [5, 5.41) is 15.3. The first-order valence-electron chi connectivity index (χ1n) is 13.5. The van der Waals surface area contributed by atoms with Crippen LogP contribution in [0.4, 0.5) is 4.79 Å². The molecule has 0 heterocycles. The number of phenolic OH excluding ortho intramolecular Hbond substituents is 1. The van der Waals surface area contributed by atoms with Gasteiger partial charge in [-0.25, -0.2) is 4.79 Å². The molecule has 0 saturated carbocycles. The van der Waals surface area contributed by atoms with Crippen molar-refractivity contribution in [3.05, 3.63) is 65.7 Å². The fraction of sp³-hybridized carbons (Fsp3) is 0.500. The van der Waals surface area contributed by atoms with Gasteiger partial charge in [0.05, 0.1) is 0 Å². The topological polar surface area (TPSA) is 108 Å². The fourth-order valence-electron chi connectivity index (χ4n) is 4.03. The SMILES string of the molecule is CCCCCCCCN(C(=O)CNC(=O)OC(C)(C)C)C(C(=O)NCc1ccccc1)c1ccc(O)cc1. The van der Waals surface area contributed by atoms with Crippen LogP contribution in [0.5, 0.6) is 5.75 Å². The maximum atomic E-state index is 13.6. The highest BCUT2D eigenvalue weighted by Gasteiger charge is 2.31. The molecule has 8 nitrogen and oxygen atoms in total. The zero-order valence-electron chi connectivity index (χ0n) is 23.2. The van der Waals surface area contributed by atoms with Crippen molar-refractivity contribution in [1.29, 1.82) is 0 Å². The Hall–Kier alpha value is -3.55. The van der Waals surface area contributed by atoms with E-state index in [9.17, 15) is 19.5 Å². The Balaban J connectivity index is 2.25. The Morgan fingerprint density at radius 3 is 2.16 bits per heavy atom. The molecule has 2 rings (SSSR count). The minimum absolute atomic E-state index is 0.0672. The lowest BCUT2D eigenvalue weighted by Crippen LogP contribution is -2.48. The number of unbranched alkanes of at least 4 members (excludes halogenated alkanes) is 5. The van der Waals surface area contributed by atoms with Gasteiger partial charge in [-0.3, -0.25) is 9.59 Å². The molecular formula is C30H43N3O5. The van der Waals surface area contributed by atoms with Crippen LogP contribution < -0.4 is 10.6 Å². The number of nitrogens with zero attached hydrogens (tertiary/aromatic N) is 1. The monoisotopic (exact) mass is 525 g/mol. The number of phenols is 1. The Kier molecular flexibility index (Phi) is 12.6. The Morgan fingerprint density at radius 2 is 1.53 bits per heavy atom. The molecule has 0 aliphatic carbocycles. The highest BCUT2D eigenvalue weighted by Crippen LogP contribution is 2.25. The third kappa shape index (κ3) is 11.2. The lowest BCUT2D eigenvalue weighted by Gasteiger charge is -2.32. The van der Waals surface area contributed by atoms with Gasteiger partial charge >= 0.3 is 6.09 Å². The van der Waals surface area contributed by atoms with Crippen LogP contribution in [0.2, 0.25) is 0 Å². The molecule has 3 amide bonds. The summed E-state index contributed by atoms with van der Waals surface area (Å²) in [4.78, 5) is 40.8. The van der Waals surface area contributed by atoms with Crippen molar-refractivity contribution in [3.8, 4) is 5.75 Å². The fourth-order valence-corrected chi connectivity index (χ4v) is 4.03. The predicted octanol–water partition coefficient (Wildman–Crippen LogP) is 5.46. The van der Waals surface area contributed by atoms with E-state index in [0.29, 0.717) is 18.7 Å². The summed E-state index contributed by atoms with van der Waals surface area (Å²) in [6.07, 6.45) is 5.45. The van der Waals surface area contributed by atoms with Crippen LogP contribution in [-0.4, -0.2) is 46.6 Å². The van der Waals surface area contributed by atoms with Crippen molar-refractivity contribution >= 4 is 17.9 Å². The molecule has 0 radical (unpaired) electrons. The zero-order chi connectivity index (χ0) is 28.0. The van der Waals surface area contributed by atoms with Gasteiger partial charge in [-0.1, -0.05) is 81.5 Å². The second-order valence-electron chi connectivity index (χ2n) is 10.4. The lowest BCUT2D eigenvalue weighted by atomic mass is 10.0. The molecule has 0 fully saturated rings. The van der Waals surface area contributed by atoms with E-state index in [1.54, 1.807) is 32.9 Å². The summed E-state index contributed by atoms with van der Waals surface area (Å²) in [6.45, 7) is 7.76. The van der Waals surface area contributed by atoms with E-state index < -0.39 is 23.6 Å². The summed E-state index contributed by atoms with van der Waals surface area (Å²) in [5.74, 6) is -0.661. The van der Waals surface area contributed by atoms with E-state index >= 15 is 0 Å². The molecule has 2 aromatic rings. The van der Waals surface area contributed by atoms with Gasteiger partial charge < -0.3 is 25.4 Å². The molecule has 0 aliphatic heterocycles. The molecule has 3 N–H and O–H groups in total. The molecule has 0 aromatic heterocycles. The number of carbonyl (C=O) groups is 3. The normalized spacial score (nSPS) is 11.9. The van der Waals surface area contributed by atoms with Crippen LogP contribution in [0.3, 0.4) is 0 Å². The van der Waals surface area contributed by atoms with Gasteiger partial charge in [-0.15, -0.1) is 0 Å². The third-order valence-electron chi connectivity index (χ3n) is 5.93. The molecule has 0 bridgehead atoms. The third-order valence-corrected chi connectivity index (χ3v) is 5.93. The minimum Gasteiger partial charge on any atom is -0.508 e. The van der Waals surface area contributed by atoms with Gasteiger partial charge in [0.2, 0.25) is 11.8 Å². The summed E-state index contributed by atoms with van der Waals surface area (Å²) < 4.78 is 5.27. The number of alkyl carbamates (subject to hydrolysis) is 1. The van der Waals surface area contributed by atoms with E-state index in [4.69, 9.17) is 4.74 Å². The van der Waals surface area contributed by atoms with Crippen molar-refractivity contribution in [2.45, 2.75) is 84.4 Å². The largest absolute Gasteiger partial charge is 0.508 e. The Labute approximate surface area is 226 Å². The summed E-state index contributed by atoms with van der Waals surface area (Å²) in [7, 11) is 0. The van der Waals surface area contributed by atoms with Crippen LogP contribution >= 0.6 is 0 Å². The number of ether oxygens (including phenoxy) is 1. The quantitative estimate of drug-likeness (QED) is 0.284. The standard InChI is InChI=1S/C30H43N3O5/c1-5-6-7-8-9-13-20-33(26(35)22-32-29(37)38-30(2,3)4)27(24-16-18-25(34)19-17-24)28(36)31-21-23-14-11-10-12-15-23/h10-12,14-19,27,34H,5-9,13,20-22H2,1-4H3,(H,31,36)(H,32,37). The van der Waals surface area contributed by atoms with Crippen molar-refractivity contribution in [2.24, 2.45) is 0 Å². The number of rotatable bonds is 14. The average Bonchev–Trinajstić information content (AvgIpc) is 2.87. The van der Waals surface area contributed by atoms with Crippen LogP contribution in [0.1, 0.15) is 83.4 Å². The number of carbonyl (C=O) groups excluding carboxylic acids is 3. The summed E-state index contributed by atoms with van der Waals surface area (Å²) in [5.41, 5.74) is 0.813. The molecule has 208 valence electrons. The van der Waals surface area contributed by atoms with Crippen LogP contribution in [0, 0.1) is 0 Å². The molecule has 8 heteroatoms. The number of nitrogens with one attached hydrogen (secondary N) is 2. The van der Waals surface area contributed by atoms with E-state index in [1.807, 2.05) is 30.3 Å². The first-order chi connectivity index (χ1) is 18.1. The average molecular weight is 526 g/mol. The lowest BCUT2D eigenvalue weighted by molar-refractivity contribution is -0.140. The van der Waals surface area contributed by atoms with E-state index in [2.05, 4.69) is 17.6 Å². The molecule has 0 aliphatic rings. The van der Waals surface area contributed by atoms with Crippen molar-refractivity contribution in [2.75, 3.05) is 13.1 Å². The first kappa shape index (κ1) is 30.7. The van der Waals surface area contributed by atoms with E-state index in [1.165, 1.54) is 23.5 Å². The Bertz CT molecular complexity index is 1000. The van der Waals surface area contributed by atoms with Crippen molar-refractivity contribution < 1.29 is 24.2 Å². The zero-order valence-corrected chi connectivity index (χ0v) is 23.2. The maximum Gasteiger partial charge on any atom is 0.408 e. The minimum atomic E-state index is -0.928. The molecule has 1 unspecified atom stereocenters. The van der Waals surface area contributed by atoms with Crippen LogP contribution in [-0.2, 0) is 20.9 Å². The van der Waals surface area contributed by atoms with Crippen molar-refractivity contribution in [1.82, 2.24) is 15.5 Å². The second-order valence-corrected chi connectivity index (χ2v) is 10.4. The van der Waals surface area contributed by atoms with Gasteiger partial charge in [-0.05, 0) is 50.5 Å². The summed E-state index contributed by atoms with van der Waals surface area (Å²) >= 11 is 0. The number of benzene rings is 2. The van der Waals surface area contributed by atoms with Crippen LogP contribution in [0.25, 0.3) is 0 Å². The highest BCUT2D eigenvalue weighted by molar-refractivity contribution is 5.90. The number of hydrogen-bond acceptors (Lipinski definition) is 5. The smallest absolute Gasteiger partial charge is 0.408 e. The highest BCUT2D eigenvalue weighted by atomic mass is 16.6. The molecule has 1 atom stereocenters.